The van der Waals surface area contributed by atoms with E-state index < -0.39 is 17.3 Å². The van der Waals surface area contributed by atoms with Crippen molar-refractivity contribution < 1.29 is 19.1 Å². The third kappa shape index (κ3) is 6.22. The molecule has 1 amide bonds. The quantitative estimate of drug-likeness (QED) is 0.319. The number of anilines is 2. The monoisotopic (exact) mass is 472 g/mol. The second-order valence-electron chi connectivity index (χ2n) is 6.62. The molecule has 0 bridgehead atoms. The van der Waals surface area contributed by atoms with Crippen molar-refractivity contribution >= 4 is 39.9 Å². The molecule has 0 aromatic heterocycles. The fourth-order valence-corrected chi connectivity index (χ4v) is 2.85. The van der Waals surface area contributed by atoms with Crippen molar-refractivity contribution in [2.24, 2.45) is 0 Å². The van der Waals surface area contributed by atoms with Crippen LogP contribution in [0.25, 0.3) is 0 Å². The van der Waals surface area contributed by atoms with Gasteiger partial charge >= 0.3 is 0 Å². The molecule has 0 saturated heterocycles. The zero-order valence-corrected chi connectivity index (χ0v) is 17.1. The molecule has 2 rings (SSSR count). The molecule has 0 aliphatic rings. The summed E-state index contributed by atoms with van der Waals surface area (Å²) >= 11 is 2.21. The summed E-state index contributed by atoms with van der Waals surface area (Å²) in [6.07, 6.45) is 0.365. The van der Waals surface area contributed by atoms with Crippen LogP contribution in [0.2, 0.25) is 0 Å². The van der Waals surface area contributed by atoms with Crippen molar-refractivity contribution in [2.45, 2.75) is 32.8 Å². The first-order chi connectivity index (χ1) is 12.2. The van der Waals surface area contributed by atoms with Crippen molar-refractivity contribution in [2.75, 3.05) is 11.9 Å². The normalized spacial score (nSPS) is 11.3. The fraction of sp³-hybridized carbons (Fsp3) is 0.316. The smallest absolute Gasteiger partial charge is 0.276 e. The van der Waals surface area contributed by atoms with E-state index in [0.29, 0.717) is 12.1 Å². The van der Waals surface area contributed by atoms with Crippen molar-refractivity contribution in [3.05, 3.63) is 56.9 Å². The molecule has 140 valence electrons. The van der Waals surface area contributed by atoms with Gasteiger partial charge in [0.15, 0.2) is 0 Å². The van der Waals surface area contributed by atoms with Crippen LogP contribution in [0.15, 0.2) is 36.4 Å². The number of carbonyl (C=O) groups excluding carboxylic acids is 1. The van der Waals surface area contributed by atoms with Crippen molar-refractivity contribution in [1.29, 1.82) is 0 Å². The maximum Gasteiger partial charge on any atom is 0.276 e. The Kier molecular flexibility index (Phi) is 6.96. The molecule has 0 spiro atoms. The summed E-state index contributed by atoms with van der Waals surface area (Å²) in [5, 5.41) is 12.7. The molecule has 0 atom stereocenters. The number of rotatable bonds is 7. The Morgan fingerprint density at radius 1 is 1.23 bits per heavy atom. The van der Waals surface area contributed by atoms with Gasteiger partial charge < -0.3 is 10.4 Å². The number of hydrogen-bond donors (Lipinski definition) is 3. The van der Waals surface area contributed by atoms with Crippen molar-refractivity contribution in [3.63, 3.8) is 0 Å². The van der Waals surface area contributed by atoms with Gasteiger partial charge in [-0.05, 0) is 85.3 Å². The lowest BCUT2D eigenvalue weighted by molar-refractivity contribution is -0.00569. The van der Waals surface area contributed by atoms with Crippen LogP contribution in [0.4, 0.5) is 15.8 Å². The summed E-state index contributed by atoms with van der Waals surface area (Å²) in [6, 6.07) is 9.68. The van der Waals surface area contributed by atoms with Gasteiger partial charge in [0.1, 0.15) is 5.82 Å². The molecule has 2 aromatic carbocycles. The zero-order chi connectivity index (χ0) is 19.3. The van der Waals surface area contributed by atoms with Crippen LogP contribution in [0.5, 0.6) is 0 Å². The summed E-state index contributed by atoms with van der Waals surface area (Å²) in [7, 11) is 0. The second-order valence-corrected chi connectivity index (χ2v) is 7.86. The standard InChI is InChI=1S/C19H22FIN2O3/c1-12-10-14(21)5-7-16(12)22-17-11-13(20)4-6-15(17)18(24)23-26-9-8-19(2,3)25/h4-7,10-11,22,25H,8-9H2,1-3H3,(H,23,24). The Hall–Kier alpha value is -1.71. The lowest BCUT2D eigenvalue weighted by Crippen LogP contribution is -2.28. The summed E-state index contributed by atoms with van der Waals surface area (Å²) in [4.78, 5) is 17.5. The Morgan fingerprint density at radius 3 is 2.62 bits per heavy atom. The molecular weight excluding hydrogens is 450 g/mol. The average molecular weight is 472 g/mol. The van der Waals surface area contributed by atoms with E-state index in [1.807, 2.05) is 25.1 Å². The van der Waals surface area contributed by atoms with E-state index in [1.54, 1.807) is 13.8 Å². The van der Waals surface area contributed by atoms with E-state index in [0.717, 1.165) is 14.8 Å². The Labute approximate surface area is 166 Å². The van der Waals surface area contributed by atoms with E-state index >= 15 is 0 Å². The number of halogens is 2. The number of carbonyl (C=O) groups is 1. The first kappa shape index (κ1) is 20.6. The number of aliphatic hydroxyl groups is 1. The van der Waals surface area contributed by atoms with E-state index in [1.165, 1.54) is 18.2 Å². The molecule has 0 radical (unpaired) electrons. The van der Waals surface area contributed by atoms with Crippen LogP contribution in [0, 0.1) is 16.3 Å². The summed E-state index contributed by atoms with van der Waals surface area (Å²) < 4.78 is 14.8. The molecule has 26 heavy (non-hydrogen) atoms. The molecular formula is C19H22FIN2O3. The van der Waals surface area contributed by atoms with E-state index in [4.69, 9.17) is 4.84 Å². The summed E-state index contributed by atoms with van der Waals surface area (Å²) in [5.41, 5.74) is 3.82. The maximum absolute atomic E-state index is 13.7. The highest BCUT2D eigenvalue weighted by Crippen LogP contribution is 2.25. The molecule has 2 aromatic rings. The van der Waals surface area contributed by atoms with Crippen LogP contribution in [0.3, 0.4) is 0 Å². The van der Waals surface area contributed by atoms with Gasteiger partial charge in [0.05, 0.1) is 23.5 Å². The van der Waals surface area contributed by atoms with Gasteiger partial charge in [-0.15, -0.1) is 0 Å². The summed E-state index contributed by atoms with van der Waals surface area (Å²) in [5.74, 6) is -0.943. The number of amides is 1. The van der Waals surface area contributed by atoms with Gasteiger partial charge in [0.25, 0.3) is 5.91 Å². The lowest BCUT2D eigenvalue weighted by atomic mass is 10.1. The predicted molar refractivity (Wildman–Crippen MR) is 108 cm³/mol. The number of hydroxylamine groups is 1. The average Bonchev–Trinajstić information content (AvgIpc) is 2.53. The highest BCUT2D eigenvalue weighted by molar-refractivity contribution is 14.1. The second kappa shape index (κ2) is 8.79. The zero-order valence-electron chi connectivity index (χ0n) is 14.9. The highest BCUT2D eigenvalue weighted by Gasteiger charge is 2.15. The van der Waals surface area contributed by atoms with Gasteiger partial charge in [0.2, 0.25) is 0 Å². The molecule has 0 aliphatic carbocycles. The van der Waals surface area contributed by atoms with Gasteiger partial charge in [0, 0.05) is 15.7 Å². The van der Waals surface area contributed by atoms with E-state index in [2.05, 4.69) is 33.4 Å². The van der Waals surface area contributed by atoms with Gasteiger partial charge in [-0.1, -0.05) is 0 Å². The SMILES string of the molecule is Cc1cc(I)ccc1Nc1cc(F)ccc1C(=O)NOCCC(C)(C)O. The predicted octanol–water partition coefficient (Wildman–Crippen LogP) is 4.30. The van der Waals surface area contributed by atoms with Gasteiger partial charge in [-0.25, -0.2) is 9.87 Å². The van der Waals surface area contributed by atoms with Crippen LogP contribution >= 0.6 is 22.6 Å². The molecule has 5 nitrogen and oxygen atoms in total. The third-order valence-electron chi connectivity index (χ3n) is 3.66. The minimum absolute atomic E-state index is 0.162. The molecule has 0 fully saturated rings. The third-order valence-corrected chi connectivity index (χ3v) is 4.34. The van der Waals surface area contributed by atoms with E-state index in [-0.39, 0.29) is 12.2 Å². The van der Waals surface area contributed by atoms with E-state index in [9.17, 15) is 14.3 Å². The van der Waals surface area contributed by atoms with Gasteiger partial charge in [-0.3, -0.25) is 9.63 Å². The van der Waals surface area contributed by atoms with Gasteiger partial charge in [-0.2, -0.15) is 0 Å². The molecule has 7 heteroatoms. The molecule has 0 heterocycles. The minimum atomic E-state index is -0.879. The number of nitrogens with one attached hydrogen (secondary N) is 2. The van der Waals surface area contributed by atoms with Crippen molar-refractivity contribution in [3.8, 4) is 0 Å². The van der Waals surface area contributed by atoms with Crippen LogP contribution in [-0.2, 0) is 4.84 Å². The van der Waals surface area contributed by atoms with Crippen molar-refractivity contribution in [1.82, 2.24) is 5.48 Å². The first-order valence-corrected chi connectivity index (χ1v) is 9.21. The van der Waals surface area contributed by atoms with Crippen LogP contribution < -0.4 is 10.8 Å². The molecule has 0 aliphatic heterocycles. The first-order valence-electron chi connectivity index (χ1n) is 8.13. The molecule has 3 N–H and O–H groups in total. The fourth-order valence-electron chi connectivity index (χ4n) is 2.20. The summed E-state index contributed by atoms with van der Waals surface area (Å²) in [6.45, 7) is 5.41. The number of aryl methyl sites for hydroxylation is 1. The number of benzene rings is 2. The molecule has 0 unspecified atom stereocenters. The lowest BCUT2D eigenvalue weighted by Gasteiger charge is -2.17. The maximum atomic E-state index is 13.7. The topological polar surface area (TPSA) is 70.6 Å². The largest absolute Gasteiger partial charge is 0.390 e. The molecule has 0 saturated carbocycles. The number of hydrogen-bond acceptors (Lipinski definition) is 4. The highest BCUT2D eigenvalue weighted by atomic mass is 127. The minimum Gasteiger partial charge on any atom is -0.390 e. The Bertz CT molecular complexity index is 791. The van der Waals surface area contributed by atoms with Crippen LogP contribution in [0.1, 0.15) is 36.2 Å². The Morgan fingerprint density at radius 2 is 1.96 bits per heavy atom. The Balaban J connectivity index is 2.12. The van der Waals surface area contributed by atoms with Crippen LogP contribution in [-0.4, -0.2) is 23.2 Å².